The molecular weight excluding hydrogens is 388 g/mol. The molecule has 2 N–H and O–H groups in total. The quantitative estimate of drug-likeness (QED) is 0.569. The first-order valence-corrected chi connectivity index (χ1v) is 8.28. The Hall–Kier alpha value is -2.54. The van der Waals surface area contributed by atoms with Crippen LogP contribution in [0.5, 0.6) is 17.2 Å². The molecule has 0 unspecified atom stereocenters. The van der Waals surface area contributed by atoms with Crippen molar-refractivity contribution in [1.29, 1.82) is 0 Å². The molecule has 2 aromatic carbocycles. The number of nitrogens with one attached hydrogen (secondary N) is 1. The Labute approximate surface area is 154 Å². The van der Waals surface area contributed by atoms with Crippen molar-refractivity contribution < 1.29 is 19.4 Å². The normalized spacial score (nSPS) is 10.7. The van der Waals surface area contributed by atoms with Crippen LogP contribution in [0.15, 0.2) is 39.9 Å². The van der Waals surface area contributed by atoms with Crippen LogP contribution < -0.4 is 14.9 Å². The van der Waals surface area contributed by atoms with Gasteiger partial charge in [-0.15, -0.1) is 0 Å². The minimum absolute atomic E-state index is 0.00514. The number of phenols is 1. The topological polar surface area (TPSA) is 80.2 Å². The standard InChI is InChI=1S/C18H19BrN2O4/c1-11-4-5-15(12(2)6-11)25-10-17(22)21-20-9-13-7-14(19)18(23)16(8-13)24-3/h4-9,23H,10H2,1-3H3,(H,21,22)/b20-9+. The van der Waals surface area contributed by atoms with E-state index in [-0.39, 0.29) is 18.3 Å². The molecule has 0 atom stereocenters. The van der Waals surface area contributed by atoms with Gasteiger partial charge in [0.25, 0.3) is 5.91 Å². The lowest BCUT2D eigenvalue weighted by Crippen LogP contribution is -2.24. The number of carbonyl (C=O) groups excluding carboxylic acids is 1. The minimum atomic E-state index is -0.374. The van der Waals surface area contributed by atoms with Gasteiger partial charge in [0.05, 0.1) is 17.8 Å². The molecule has 0 aliphatic rings. The highest BCUT2D eigenvalue weighted by molar-refractivity contribution is 9.10. The smallest absolute Gasteiger partial charge is 0.277 e. The average molecular weight is 407 g/mol. The predicted molar refractivity (Wildman–Crippen MR) is 99.5 cm³/mol. The van der Waals surface area contributed by atoms with Gasteiger partial charge in [-0.2, -0.15) is 5.10 Å². The lowest BCUT2D eigenvalue weighted by atomic mass is 10.1. The first kappa shape index (κ1) is 18.8. The molecule has 0 aromatic heterocycles. The van der Waals surface area contributed by atoms with Crippen molar-refractivity contribution in [2.24, 2.45) is 5.10 Å². The molecule has 0 saturated carbocycles. The molecule has 7 heteroatoms. The van der Waals surface area contributed by atoms with Gasteiger partial charge in [0.1, 0.15) is 5.75 Å². The van der Waals surface area contributed by atoms with Crippen LogP contribution in [0.3, 0.4) is 0 Å². The number of carbonyl (C=O) groups is 1. The number of benzene rings is 2. The Balaban J connectivity index is 1.91. The Morgan fingerprint density at radius 3 is 2.72 bits per heavy atom. The zero-order chi connectivity index (χ0) is 18.4. The maximum atomic E-state index is 11.8. The highest BCUT2D eigenvalue weighted by atomic mass is 79.9. The van der Waals surface area contributed by atoms with E-state index in [1.54, 1.807) is 12.1 Å². The SMILES string of the molecule is COc1cc(/C=N/NC(=O)COc2ccc(C)cc2C)cc(Br)c1O. The second-order valence-electron chi connectivity index (χ2n) is 5.40. The van der Waals surface area contributed by atoms with Gasteiger partial charge in [-0.3, -0.25) is 4.79 Å². The van der Waals surface area contributed by atoms with Gasteiger partial charge >= 0.3 is 0 Å². The Kier molecular flexibility index (Phi) is 6.41. The summed E-state index contributed by atoms with van der Waals surface area (Å²) in [6, 6.07) is 9.00. The molecule has 0 aliphatic carbocycles. The van der Waals surface area contributed by atoms with E-state index >= 15 is 0 Å². The van der Waals surface area contributed by atoms with Crippen LogP contribution in [0.2, 0.25) is 0 Å². The fourth-order valence-electron chi connectivity index (χ4n) is 2.14. The summed E-state index contributed by atoms with van der Waals surface area (Å²) in [5.41, 5.74) is 5.14. The fourth-order valence-corrected chi connectivity index (χ4v) is 2.60. The summed E-state index contributed by atoms with van der Waals surface area (Å²) in [6.45, 7) is 3.78. The number of phenolic OH excluding ortho intramolecular Hbond substituents is 1. The monoisotopic (exact) mass is 406 g/mol. The van der Waals surface area contributed by atoms with E-state index < -0.39 is 0 Å². The zero-order valence-corrected chi connectivity index (χ0v) is 15.8. The van der Waals surface area contributed by atoms with Crippen LogP contribution in [-0.2, 0) is 4.79 Å². The number of halogens is 1. The molecule has 0 saturated heterocycles. The lowest BCUT2D eigenvalue weighted by molar-refractivity contribution is -0.123. The third-order valence-electron chi connectivity index (χ3n) is 3.36. The van der Waals surface area contributed by atoms with Crippen molar-refractivity contribution in [1.82, 2.24) is 5.43 Å². The molecule has 0 spiro atoms. The van der Waals surface area contributed by atoms with Gasteiger partial charge < -0.3 is 14.6 Å². The summed E-state index contributed by atoms with van der Waals surface area (Å²) in [5, 5.41) is 13.6. The molecule has 2 rings (SSSR count). The first-order chi connectivity index (χ1) is 11.9. The molecule has 25 heavy (non-hydrogen) atoms. The molecule has 0 radical (unpaired) electrons. The van der Waals surface area contributed by atoms with Crippen molar-refractivity contribution in [2.45, 2.75) is 13.8 Å². The number of nitrogens with zero attached hydrogens (tertiary/aromatic N) is 1. The van der Waals surface area contributed by atoms with E-state index in [4.69, 9.17) is 9.47 Å². The number of aromatic hydroxyl groups is 1. The highest BCUT2D eigenvalue weighted by Crippen LogP contribution is 2.34. The van der Waals surface area contributed by atoms with E-state index in [9.17, 15) is 9.90 Å². The number of hydrogen-bond acceptors (Lipinski definition) is 5. The number of amides is 1. The van der Waals surface area contributed by atoms with Gasteiger partial charge in [0.2, 0.25) is 0 Å². The average Bonchev–Trinajstić information content (AvgIpc) is 2.57. The second-order valence-corrected chi connectivity index (χ2v) is 6.26. The number of methoxy groups -OCH3 is 1. The summed E-state index contributed by atoms with van der Waals surface area (Å²) in [4.78, 5) is 11.8. The Morgan fingerprint density at radius 2 is 2.04 bits per heavy atom. The Bertz CT molecular complexity index is 806. The molecule has 132 valence electrons. The van der Waals surface area contributed by atoms with Crippen LogP contribution in [0, 0.1) is 13.8 Å². The van der Waals surface area contributed by atoms with E-state index in [2.05, 4.69) is 26.5 Å². The summed E-state index contributed by atoms with van der Waals surface area (Å²) >= 11 is 3.22. The van der Waals surface area contributed by atoms with Crippen molar-refractivity contribution in [2.75, 3.05) is 13.7 Å². The lowest BCUT2D eigenvalue weighted by Gasteiger charge is -2.08. The van der Waals surface area contributed by atoms with Crippen molar-refractivity contribution in [3.8, 4) is 17.2 Å². The van der Waals surface area contributed by atoms with Crippen molar-refractivity contribution in [3.05, 3.63) is 51.5 Å². The van der Waals surface area contributed by atoms with E-state index in [1.165, 1.54) is 13.3 Å². The van der Waals surface area contributed by atoms with E-state index in [0.717, 1.165) is 11.1 Å². The third-order valence-corrected chi connectivity index (χ3v) is 3.97. The number of hydrogen-bond donors (Lipinski definition) is 2. The molecule has 6 nitrogen and oxygen atoms in total. The van der Waals surface area contributed by atoms with Crippen LogP contribution >= 0.6 is 15.9 Å². The highest BCUT2D eigenvalue weighted by Gasteiger charge is 2.08. The third kappa shape index (κ3) is 5.22. The van der Waals surface area contributed by atoms with Gasteiger partial charge in [-0.1, -0.05) is 17.7 Å². The van der Waals surface area contributed by atoms with Crippen LogP contribution in [0.1, 0.15) is 16.7 Å². The summed E-state index contributed by atoms with van der Waals surface area (Å²) in [7, 11) is 1.45. The first-order valence-electron chi connectivity index (χ1n) is 7.49. The molecule has 0 fully saturated rings. The molecule has 0 aliphatic heterocycles. The van der Waals surface area contributed by atoms with Gasteiger partial charge in [0, 0.05) is 0 Å². The maximum Gasteiger partial charge on any atom is 0.277 e. The predicted octanol–water partition coefficient (Wildman–Crippen LogP) is 3.31. The summed E-state index contributed by atoms with van der Waals surface area (Å²) in [5.74, 6) is 0.601. The van der Waals surface area contributed by atoms with Gasteiger partial charge in [-0.25, -0.2) is 5.43 Å². The van der Waals surface area contributed by atoms with E-state index in [0.29, 0.717) is 21.5 Å². The fraction of sp³-hybridized carbons (Fsp3) is 0.222. The van der Waals surface area contributed by atoms with E-state index in [1.807, 2.05) is 32.0 Å². The summed E-state index contributed by atoms with van der Waals surface area (Å²) in [6.07, 6.45) is 1.45. The van der Waals surface area contributed by atoms with Crippen molar-refractivity contribution in [3.63, 3.8) is 0 Å². The van der Waals surface area contributed by atoms with Crippen molar-refractivity contribution >= 4 is 28.1 Å². The zero-order valence-electron chi connectivity index (χ0n) is 14.2. The number of aryl methyl sites for hydroxylation is 2. The largest absolute Gasteiger partial charge is 0.503 e. The Morgan fingerprint density at radius 1 is 1.28 bits per heavy atom. The number of ether oxygens (including phenoxy) is 2. The molecule has 1 amide bonds. The van der Waals surface area contributed by atoms with Crippen LogP contribution in [0.25, 0.3) is 0 Å². The van der Waals surface area contributed by atoms with Gasteiger partial charge in [0.15, 0.2) is 18.1 Å². The second kappa shape index (κ2) is 8.53. The van der Waals surface area contributed by atoms with Crippen LogP contribution in [0.4, 0.5) is 0 Å². The number of rotatable bonds is 6. The number of hydrazone groups is 1. The minimum Gasteiger partial charge on any atom is -0.503 e. The molecule has 0 bridgehead atoms. The molecule has 2 aromatic rings. The van der Waals surface area contributed by atoms with Gasteiger partial charge in [-0.05, 0) is 59.1 Å². The van der Waals surface area contributed by atoms with Crippen LogP contribution in [-0.4, -0.2) is 30.9 Å². The molecule has 0 heterocycles. The summed E-state index contributed by atoms with van der Waals surface area (Å²) < 4.78 is 11.0. The maximum absolute atomic E-state index is 11.8. The molecular formula is C18H19BrN2O4.